The molecule has 0 fully saturated rings. The van der Waals surface area contributed by atoms with Gasteiger partial charge in [-0.3, -0.25) is 0 Å². The summed E-state index contributed by atoms with van der Waals surface area (Å²) >= 11 is 0. The minimum Gasteiger partial charge on any atom is -0.494 e. The molecule has 1 aromatic carbocycles. The van der Waals surface area contributed by atoms with E-state index in [9.17, 15) is 4.79 Å². The van der Waals surface area contributed by atoms with E-state index in [-0.39, 0.29) is 6.03 Å². The topological polar surface area (TPSA) is 55.7 Å². The second-order valence-corrected chi connectivity index (χ2v) is 5.77. The quantitative estimate of drug-likeness (QED) is 0.708. The molecule has 0 spiro atoms. The molecule has 2 aromatic rings. The number of hydrogen-bond acceptors (Lipinski definition) is 3. The Bertz CT molecular complexity index is 652. The van der Waals surface area contributed by atoms with Gasteiger partial charge in [0.05, 0.1) is 13.2 Å². The number of anilines is 1. The van der Waals surface area contributed by atoms with E-state index in [2.05, 4.69) is 5.32 Å². The van der Waals surface area contributed by atoms with Crippen molar-refractivity contribution in [2.45, 2.75) is 19.9 Å². The zero-order valence-corrected chi connectivity index (χ0v) is 15.2. The number of benzene rings is 1. The van der Waals surface area contributed by atoms with Gasteiger partial charge < -0.3 is 24.3 Å². The predicted octanol–water partition coefficient (Wildman–Crippen LogP) is 3.49. The fourth-order valence-electron chi connectivity index (χ4n) is 2.51. The molecule has 1 aromatic heterocycles. The van der Waals surface area contributed by atoms with Crippen molar-refractivity contribution in [3.8, 4) is 5.75 Å². The van der Waals surface area contributed by atoms with Gasteiger partial charge in [0.2, 0.25) is 0 Å². The van der Waals surface area contributed by atoms with Crippen LogP contribution in [0, 0.1) is 0 Å². The number of urea groups is 1. The number of nitrogens with zero attached hydrogens (tertiary/aromatic N) is 2. The number of methoxy groups -OCH3 is 1. The van der Waals surface area contributed by atoms with Crippen molar-refractivity contribution in [1.82, 2.24) is 9.47 Å². The van der Waals surface area contributed by atoms with Gasteiger partial charge in [-0.05, 0) is 49.7 Å². The van der Waals surface area contributed by atoms with E-state index in [0.29, 0.717) is 26.3 Å². The van der Waals surface area contributed by atoms with Crippen molar-refractivity contribution in [3.05, 3.63) is 48.3 Å². The second kappa shape index (κ2) is 9.74. The van der Waals surface area contributed by atoms with E-state index in [1.165, 1.54) is 0 Å². The number of amides is 2. The Kier molecular flexibility index (Phi) is 7.35. The van der Waals surface area contributed by atoms with Gasteiger partial charge in [-0.15, -0.1) is 0 Å². The first-order valence-electron chi connectivity index (χ1n) is 8.52. The summed E-state index contributed by atoms with van der Waals surface area (Å²) in [5.41, 5.74) is 1.83. The molecule has 0 saturated carbocycles. The standard InChI is InChI=1S/C19H27N3O3/c1-4-25-18-10-8-16(9-11-18)20-19(23)22(13-6-14-24-3)15-17-7-5-12-21(17)2/h5,7-12H,4,6,13-15H2,1-3H3,(H,20,23). The predicted molar refractivity (Wildman–Crippen MR) is 98.9 cm³/mol. The first-order valence-corrected chi connectivity index (χ1v) is 8.52. The molecule has 25 heavy (non-hydrogen) atoms. The van der Waals surface area contributed by atoms with Gasteiger partial charge in [0, 0.05) is 44.9 Å². The maximum atomic E-state index is 12.7. The molecule has 0 radical (unpaired) electrons. The second-order valence-electron chi connectivity index (χ2n) is 5.77. The molecule has 0 atom stereocenters. The molecule has 0 aliphatic heterocycles. The number of rotatable bonds is 9. The largest absolute Gasteiger partial charge is 0.494 e. The molecule has 6 nitrogen and oxygen atoms in total. The molecule has 0 aliphatic rings. The fourth-order valence-corrected chi connectivity index (χ4v) is 2.51. The van der Waals surface area contributed by atoms with Crippen LogP contribution in [0.2, 0.25) is 0 Å². The summed E-state index contributed by atoms with van der Waals surface area (Å²) in [5, 5.41) is 2.95. The number of hydrogen-bond donors (Lipinski definition) is 1. The molecule has 0 saturated heterocycles. The van der Waals surface area contributed by atoms with Crippen LogP contribution < -0.4 is 10.1 Å². The van der Waals surface area contributed by atoms with E-state index in [1.54, 1.807) is 12.0 Å². The lowest BCUT2D eigenvalue weighted by Gasteiger charge is -2.23. The highest BCUT2D eigenvalue weighted by Gasteiger charge is 2.15. The van der Waals surface area contributed by atoms with E-state index >= 15 is 0 Å². The van der Waals surface area contributed by atoms with Gasteiger partial charge in [0.25, 0.3) is 0 Å². The fraction of sp³-hybridized carbons (Fsp3) is 0.421. The number of carbonyl (C=O) groups excluding carboxylic acids is 1. The van der Waals surface area contributed by atoms with Crippen LogP contribution in [0.1, 0.15) is 19.0 Å². The van der Waals surface area contributed by atoms with E-state index in [1.807, 2.05) is 61.1 Å². The van der Waals surface area contributed by atoms with Crippen LogP contribution in [-0.2, 0) is 18.3 Å². The zero-order chi connectivity index (χ0) is 18.1. The molecule has 136 valence electrons. The van der Waals surface area contributed by atoms with Crippen molar-refractivity contribution in [1.29, 1.82) is 0 Å². The van der Waals surface area contributed by atoms with Crippen LogP contribution in [0.3, 0.4) is 0 Å². The molecule has 0 unspecified atom stereocenters. The van der Waals surface area contributed by atoms with Crippen molar-refractivity contribution in [3.63, 3.8) is 0 Å². The SMILES string of the molecule is CCOc1ccc(NC(=O)N(CCCOC)Cc2cccn2C)cc1. The molecular weight excluding hydrogens is 318 g/mol. The molecule has 2 amide bonds. The van der Waals surface area contributed by atoms with E-state index < -0.39 is 0 Å². The Morgan fingerprint density at radius 3 is 2.60 bits per heavy atom. The molecule has 1 N–H and O–H groups in total. The monoisotopic (exact) mass is 345 g/mol. The molecule has 0 bridgehead atoms. The van der Waals surface area contributed by atoms with E-state index in [4.69, 9.17) is 9.47 Å². The van der Waals surface area contributed by atoms with Crippen molar-refractivity contribution in [2.75, 3.05) is 32.2 Å². The molecule has 2 rings (SSSR count). The van der Waals surface area contributed by atoms with Crippen molar-refractivity contribution < 1.29 is 14.3 Å². The van der Waals surface area contributed by atoms with Gasteiger partial charge in [0.15, 0.2) is 0 Å². The highest BCUT2D eigenvalue weighted by molar-refractivity contribution is 5.89. The third-order valence-electron chi connectivity index (χ3n) is 3.88. The third kappa shape index (κ3) is 5.83. The number of aryl methyl sites for hydroxylation is 1. The Balaban J connectivity index is 2.01. The average molecular weight is 345 g/mol. The smallest absolute Gasteiger partial charge is 0.322 e. The summed E-state index contributed by atoms with van der Waals surface area (Å²) in [4.78, 5) is 14.5. The van der Waals surface area contributed by atoms with E-state index in [0.717, 1.165) is 23.6 Å². The lowest BCUT2D eigenvalue weighted by molar-refractivity contribution is 0.171. The van der Waals surface area contributed by atoms with Gasteiger partial charge in [0.1, 0.15) is 5.75 Å². The number of nitrogens with one attached hydrogen (secondary N) is 1. The minimum atomic E-state index is -0.124. The highest BCUT2D eigenvalue weighted by atomic mass is 16.5. The molecule has 0 aliphatic carbocycles. The Morgan fingerprint density at radius 1 is 1.24 bits per heavy atom. The lowest BCUT2D eigenvalue weighted by atomic mass is 10.3. The van der Waals surface area contributed by atoms with Crippen molar-refractivity contribution in [2.24, 2.45) is 7.05 Å². The van der Waals surface area contributed by atoms with Crippen LogP contribution in [0.15, 0.2) is 42.6 Å². The highest BCUT2D eigenvalue weighted by Crippen LogP contribution is 2.16. The van der Waals surface area contributed by atoms with Crippen LogP contribution in [0.4, 0.5) is 10.5 Å². The maximum Gasteiger partial charge on any atom is 0.322 e. The normalized spacial score (nSPS) is 10.5. The summed E-state index contributed by atoms with van der Waals surface area (Å²) < 4.78 is 12.6. The Hall–Kier alpha value is -2.47. The number of ether oxygens (including phenoxy) is 2. The average Bonchev–Trinajstić information content (AvgIpc) is 3.01. The Labute approximate surface area is 149 Å². The van der Waals surface area contributed by atoms with Crippen LogP contribution in [-0.4, -0.2) is 42.4 Å². The maximum absolute atomic E-state index is 12.7. The Morgan fingerprint density at radius 2 is 2.00 bits per heavy atom. The van der Waals surface area contributed by atoms with Crippen LogP contribution in [0.5, 0.6) is 5.75 Å². The summed E-state index contributed by atoms with van der Waals surface area (Å²) in [6, 6.07) is 11.3. The summed E-state index contributed by atoms with van der Waals surface area (Å²) in [6.07, 6.45) is 2.77. The summed E-state index contributed by atoms with van der Waals surface area (Å²) in [5.74, 6) is 0.793. The summed E-state index contributed by atoms with van der Waals surface area (Å²) in [7, 11) is 3.65. The molecule has 1 heterocycles. The van der Waals surface area contributed by atoms with Gasteiger partial charge in [-0.25, -0.2) is 4.79 Å². The minimum absolute atomic E-state index is 0.124. The molecular formula is C19H27N3O3. The number of carbonyl (C=O) groups is 1. The van der Waals surface area contributed by atoms with Crippen LogP contribution in [0.25, 0.3) is 0 Å². The first-order chi connectivity index (χ1) is 12.1. The number of aromatic nitrogens is 1. The van der Waals surface area contributed by atoms with Crippen molar-refractivity contribution >= 4 is 11.7 Å². The third-order valence-corrected chi connectivity index (χ3v) is 3.88. The first kappa shape index (κ1) is 18.9. The van der Waals surface area contributed by atoms with Gasteiger partial charge in [-0.2, -0.15) is 0 Å². The summed E-state index contributed by atoms with van der Waals surface area (Å²) in [6.45, 7) is 4.37. The van der Waals surface area contributed by atoms with Crippen LogP contribution >= 0.6 is 0 Å². The lowest BCUT2D eigenvalue weighted by Crippen LogP contribution is -2.36. The van der Waals surface area contributed by atoms with Gasteiger partial charge in [-0.1, -0.05) is 0 Å². The van der Waals surface area contributed by atoms with Gasteiger partial charge >= 0.3 is 6.03 Å². The zero-order valence-electron chi connectivity index (χ0n) is 15.2. The molecule has 6 heteroatoms.